The fourth-order valence-electron chi connectivity index (χ4n) is 4.51. The van der Waals surface area contributed by atoms with Gasteiger partial charge in [-0.1, -0.05) is 44.2 Å². The van der Waals surface area contributed by atoms with Crippen LogP contribution in [0.4, 0.5) is 0 Å². The molecule has 0 radical (unpaired) electrons. The van der Waals surface area contributed by atoms with E-state index >= 15 is 0 Å². The predicted molar refractivity (Wildman–Crippen MR) is 123 cm³/mol. The summed E-state index contributed by atoms with van der Waals surface area (Å²) in [6, 6.07) is 14.6. The van der Waals surface area contributed by atoms with Gasteiger partial charge >= 0.3 is 0 Å². The van der Waals surface area contributed by atoms with Gasteiger partial charge in [0.05, 0.1) is 23.7 Å². The number of ether oxygens (including phenoxy) is 1. The van der Waals surface area contributed by atoms with Gasteiger partial charge in [-0.3, -0.25) is 9.59 Å². The maximum atomic E-state index is 13.4. The zero-order valence-corrected chi connectivity index (χ0v) is 19.0. The first-order chi connectivity index (χ1) is 15.4. The van der Waals surface area contributed by atoms with Crippen LogP contribution < -0.4 is 5.32 Å². The summed E-state index contributed by atoms with van der Waals surface area (Å²) in [5.74, 6) is 0.483. The molecule has 2 aromatic carbocycles. The number of hydrogen-bond donors (Lipinski definition) is 1. The number of hydrogen-bond acceptors (Lipinski definition) is 4. The van der Waals surface area contributed by atoms with Crippen molar-refractivity contribution in [3.63, 3.8) is 0 Å². The number of para-hydroxylation sites is 2. The van der Waals surface area contributed by atoms with Crippen LogP contribution in [0, 0.1) is 5.92 Å². The van der Waals surface area contributed by atoms with Crippen LogP contribution in [-0.4, -0.2) is 46.0 Å². The first-order valence-corrected chi connectivity index (χ1v) is 11.1. The van der Waals surface area contributed by atoms with Crippen LogP contribution in [0.5, 0.6) is 0 Å². The van der Waals surface area contributed by atoms with Crippen molar-refractivity contribution >= 4 is 22.8 Å². The summed E-state index contributed by atoms with van der Waals surface area (Å²) in [5.41, 5.74) is 3.53. The molecule has 2 atom stereocenters. The molecule has 1 N–H and O–H groups in total. The lowest BCUT2D eigenvalue weighted by Gasteiger charge is -2.31. The second-order valence-corrected chi connectivity index (χ2v) is 8.61. The summed E-state index contributed by atoms with van der Waals surface area (Å²) in [6.07, 6.45) is 0. The lowest BCUT2D eigenvalue weighted by Crippen LogP contribution is -2.50. The molecule has 1 aromatic heterocycles. The summed E-state index contributed by atoms with van der Waals surface area (Å²) >= 11 is 0. The van der Waals surface area contributed by atoms with Crippen molar-refractivity contribution in [2.24, 2.45) is 5.92 Å². The molecular formula is C25H30N4O3. The standard InChI is InChI=1S/C25H30N4O3/c1-16(2)22(29-15-18-9-5-6-10-19(18)25(29)31)24(30)26-17(3)23-27-20-11-7-8-12-21(20)28(23)13-14-32-4/h5-12,16-17,22H,13-15H2,1-4H3,(H,26,30). The van der Waals surface area contributed by atoms with Gasteiger partial charge in [-0.15, -0.1) is 0 Å². The number of nitrogens with zero attached hydrogens (tertiary/aromatic N) is 3. The highest BCUT2D eigenvalue weighted by atomic mass is 16.5. The first kappa shape index (κ1) is 22.0. The lowest BCUT2D eigenvalue weighted by molar-refractivity contribution is -0.127. The highest BCUT2D eigenvalue weighted by Crippen LogP contribution is 2.28. The molecule has 0 aliphatic carbocycles. The van der Waals surface area contributed by atoms with Gasteiger partial charge in [0.2, 0.25) is 5.91 Å². The number of nitrogens with one attached hydrogen (secondary N) is 1. The Labute approximate surface area is 188 Å². The zero-order valence-electron chi connectivity index (χ0n) is 19.0. The quantitative estimate of drug-likeness (QED) is 0.588. The molecule has 2 unspecified atom stereocenters. The number of benzene rings is 2. The molecule has 4 rings (SSSR count). The van der Waals surface area contributed by atoms with E-state index in [0.29, 0.717) is 25.3 Å². The van der Waals surface area contributed by atoms with Crippen LogP contribution in [-0.2, 0) is 22.6 Å². The van der Waals surface area contributed by atoms with Crippen molar-refractivity contribution in [3.05, 3.63) is 65.5 Å². The third kappa shape index (κ3) is 4.00. The second kappa shape index (κ2) is 9.12. The molecule has 2 amide bonds. The number of methoxy groups -OCH3 is 1. The second-order valence-electron chi connectivity index (χ2n) is 8.61. The normalized spacial score (nSPS) is 15.3. The van der Waals surface area contributed by atoms with Gasteiger partial charge in [-0.25, -0.2) is 4.98 Å². The smallest absolute Gasteiger partial charge is 0.255 e. The monoisotopic (exact) mass is 434 g/mol. The van der Waals surface area contributed by atoms with Crippen LogP contribution in [0.25, 0.3) is 11.0 Å². The van der Waals surface area contributed by atoms with Crippen LogP contribution in [0.3, 0.4) is 0 Å². The number of aromatic nitrogens is 2. The van der Waals surface area contributed by atoms with Gasteiger partial charge in [0.1, 0.15) is 11.9 Å². The summed E-state index contributed by atoms with van der Waals surface area (Å²) in [6.45, 7) is 7.51. The van der Waals surface area contributed by atoms with E-state index in [0.717, 1.165) is 22.4 Å². The summed E-state index contributed by atoms with van der Waals surface area (Å²) < 4.78 is 7.37. The SMILES string of the molecule is COCCn1c(C(C)NC(=O)C(C(C)C)N2Cc3ccccc3C2=O)nc2ccccc21. The predicted octanol–water partition coefficient (Wildman–Crippen LogP) is 3.54. The van der Waals surface area contributed by atoms with E-state index in [1.54, 1.807) is 12.0 Å². The molecule has 0 spiro atoms. The number of rotatable bonds is 8. The highest BCUT2D eigenvalue weighted by Gasteiger charge is 2.38. The molecule has 0 fully saturated rings. The number of amides is 2. The van der Waals surface area contributed by atoms with Crippen molar-refractivity contribution in [2.45, 2.75) is 45.9 Å². The largest absolute Gasteiger partial charge is 0.383 e. The van der Waals surface area contributed by atoms with Gasteiger partial charge in [0.25, 0.3) is 5.91 Å². The molecular weight excluding hydrogens is 404 g/mol. The molecule has 7 heteroatoms. The van der Waals surface area contributed by atoms with E-state index in [1.165, 1.54) is 0 Å². The van der Waals surface area contributed by atoms with Gasteiger partial charge in [0, 0.05) is 25.8 Å². The lowest BCUT2D eigenvalue weighted by atomic mass is 10.0. The fraction of sp³-hybridized carbons (Fsp3) is 0.400. The summed E-state index contributed by atoms with van der Waals surface area (Å²) in [7, 11) is 1.67. The minimum absolute atomic E-state index is 0.0345. The minimum atomic E-state index is -0.561. The molecule has 3 aromatic rings. The van der Waals surface area contributed by atoms with E-state index < -0.39 is 6.04 Å². The van der Waals surface area contributed by atoms with Crippen molar-refractivity contribution in [3.8, 4) is 0 Å². The van der Waals surface area contributed by atoms with Gasteiger partial charge < -0.3 is 19.5 Å². The van der Waals surface area contributed by atoms with Crippen LogP contribution in [0.2, 0.25) is 0 Å². The zero-order chi connectivity index (χ0) is 22.8. The van der Waals surface area contributed by atoms with Crippen molar-refractivity contribution in [1.29, 1.82) is 0 Å². The molecule has 0 saturated heterocycles. The Morgan fingerprint density at radius 2 is 1.84 bits per heavy atom. The Morgan fingerprint density at radius 1 is 1.12 bits per heavy atom. The molecule has 2 heterocycles. The number of carbonyl (C=O) groups excluding carboxylic acids is 2. The molecule has 0 saturated carbocycles. The summed E-state index contributed by atoms with van der Waals surface area (Å²) in [4.78, 5) is 32.9. The van der Waals surface area contributed by atoms with E-state index in [2.05, 4.69) is 9.88 Å². The number of imidazole rings is 1. The Balaban J connectivity index is 1.58. The van der Waals surface area contributed by atoms with Crippen LogP contribution in [0.1, 0.15) is 48.6 Å². The molecule has 1 aliphatic rings. The Kier molecular flexibility index (Phi) is 6.28. The van der Waals surface area contributed by atoms with Crippen molar-refractivity contribution < 1.29 is 14.3 Å². The van der Waals surface area contributed by atoms with Gasteiger partial charge in [0.15, 0.2) is 0 Å². The van der Waals surface area contributed by atoms with Crippen molar-refractivity contribution in [1.82, 2.24) is 19.8 Å². The van der Waals surface area contributed by atoms with Crippen molar-refractivity contribution in [2.75, 3.05) is 13.7 Å². The van der Waals surface area contributed by atoms with Gasteiger partial charge in [-0.2, -0.15) is 0 Å². The highest BCUT2D eigenvalue weighted by molar-refractivity contribution is 6.01. The van der Waals surface area contributed by atoms with E-state index in [4.69, 9.17) is 9.72 Å². The van der Waals surface area contributed by atoms with Crippen LogP contribution in [0.15, 0.2) is 48.5 Å². The topological polar surface area (TPSA) is 76.5 Å². The molecule has 7 nitrogen and oxygen atoms in total. The Hall–Kier alpha value is -3.19. The molecule has 1 aliphatic heterocycles. The average molecular weight is 435 g/mol. The third-order valence-corrected chi connectivity index (χ3v) is 6.03. The van der Waals surface area contributed by atoms with E-state index in [1.807, 2.05) is 69.3 Å². The maximum absolute atomic E-state index is 13.4. The summed E-state index contributed by atoms with van der Waals surface area (Å²) in [5, 5.41) is 3.12. The Morgan fingerprint density at radius 3 is 2.56 bits per heavy atom. The Bertz CT molecular complexity index is 1140. The van der Waals surface area contributed by atoms with E-state index in [9.17, 15) is 9.59 Å². The first-order valence-electron chi connectivity index (χ1n) is 11.1. The number of carbonyl (C=O) groups is 2. The third-order valence-electron chi connectivity index (χ3n) is 6.03. The molecule has 0 bridgehead atoms. The fourth-order valence-corrected chi connectivity index (χ4v) is 4.51. The number of fused-ring (bicyclic) bond motifs is 2. The average Bonchev–Trinajstić information content (AvgIpc) is 3.30. The molecule has 168 valence electrons. The minimum Gasteiger partial charge on any atom is -0.383 e. The molecule has 32 heavy (non-hydrogen) atoms. The maximum Gasteiger partial charge on any atom is 0.255 e. The van der Waals surface area contributed by atoms with E-state index in [-0.39, 0.29) is 23.8 Å². The van der Waals surface area contributed by atoms with Crippen LogP contribution >= 0.6 is 0 Å². The van der Waals surface area contributed by atoms with Gasteiger partial charge in [-0.05, 0) is 36.6 Å².